The van der Waals surface area contributed by atoms with Crippen LogP contribution in [0.3, 0.4) is 0 Å². The molecule has 0 N–H and O–H groups in total. The van der Waals surface area contributed by atoms with Crippen molar-refractivity contribution in [3.8, 4) is 0 Å². The third kappa shape index (κ3) is 19.7. The van der Waals surface area contributed by atoms with E-state index >= 15 is 0 Å². The molecule has 0 atom stereocenters. The van der Waals surface area contributed by atoms with Gasteiger partial charge in [0.25, 0.3) is 0 Å². The van der Waals surface area contributed by atoms with Crippen LogP contribution in [0.5, 0.6) is 0 Å². The van der Waals surface area contributed by atoms with Crippen LogP contribution in [0.1, 0.15) is 116 Å². The lowest BCUT2D eigenvalue weighted by molar-refractivity contribution is 0.528. The molecule has 0 amide bonds. The predicted molar refractivity (Wildman–Crippen MR) is 97.3 cm³/mol. The maximum absolute atomic E-state index is 5.37. The minimum absolute atomic E-state index is 1.09. The Morgan fingerprint density at radius 1 is 0.476 bits per heavy atom. The fourth-order valence-electron chi connectivity index (χ4n) is 2.91. The summed E-state index contributed by atoms with van der Waals surface area (Å²) in [5.41, 5.74) is 0. The summed E-state index contributed by atoms with van der Waals surface area (Å²) in [6.07, 6.45) is 26.7. The lowest BCUT2D eigenvalue weighted by Gasteiger charge is -2.03. The fourth-order valence-corrected chi connectivity index (χ4v) is 2.91. The quantitative estimate of drug-likeness (QED) is 0.226. The summed E-state index contributed by atoms with van der Waals surface area (Å²) in [7, 11) is 0. The highest BCUT2D eigenvalue weighted by Gasteiger charge is 1.94. The highest BCUT2D eigenvalue weighted by molar-refractivity contribution is 4.61. The van der Waals surface area contributed by atoms with Gasteiger partial charge in [0, 0.05) is 0 Å². The number of hydrogen-bond acceptors (Lipinski definition) is 0. The van der Waals surface area contributed by atoms with Crippen LogP contribution >= 0.6 is 0 Å². The first-order valence-electron chi connectivity index (χ1n) is 9.74. The van der Waals surface area contributed by atoms with Gasteiger partial charge in [0.05, 0.1) is 0 Å². The molecular formula is C21H40. The van der Waals surface area contributed by atoms with E-state index in [2.05, 4.69) is 6.92 Å². The van der Waals surface area contributed by atoms with E-state index in [0.29, 0.717) is 0 Å². The summed E-state index contributed by atoms with van der Waals surface area (Å²) in [5.74, 6) is 0. The first kappa shape index (κ1) is 20.7. The second-order valence-electron chi connectivity index (χ2n) is 6.53. The van der Waals surface area contributed by atoms with E-state index in [1.165, 1.54) is 103 Å². The van der Waals surface area contributed by atoms with Crippen molar-refractivity contribution in [2.75, 3.05) is 0 Å². The van der Waals surface area contributed by atoms with Crippen LogP contribution < -0.4 is 0 Å². The second-order valence-corrected chi connectivity index (χ2v) is 6.53. The van der Waals surface area contributed by atoms with Gasteiger partial charge in [-0.2, -0.15) is 0 Å². The molecule has 21 heavy (non-hydrogen) atoms. The molecule has 0 aromatic carbocycles. The summed E-state index contributed by atoms with van der Waals surface area (Å²) in [4.78, 5) is 0. The maximum atomic E-state index is 5.37. The number of hydrogen-bond donors (Lipinski definition) is 0. The minimum atomic E-state index is 1.09. The van der Waals surface area contributed by atoms with Gasteiger partial charge < -0.3 is 0 Å². The Morgan fingerprint density at radius 2 is 0.762 bits per heavy atom. The van der Waals surface area contributed by atoms with Crippen molar-refractivity contribution >= 4 is 0 Å². The molecule has 0 unspecified atom stereocenters. The second kappa shape index (κ2) is 19.7. The van der Waals surface area contributed by atoms with Gasteiger partial charge in [-0.25, -0.2) is 0 Å². The first-order chi connectivity index (χ1) is 10.4. The van der Waals surface area contributed by atoms with Gasteiger partial charge in [-0.15, -0.1) is 0 Å². The molecule has 0 spiro atoms. The van der Waals surface area contributed by atoms with Crippen molar-refractivity contribution in [2.45, 2.75) is 116 Å². The van der Waals surface area contributed by atoms with Crippen LogP contribution in [0.4, 0.5) is 0 Å². The molecule has 0 aromatic heterocycles. The summed E-state index contributed by atoms with van der Waals surface area (Å²) >= 11 is 0. The lowest BCUT2D eigenvalue weighted by atomic mass is 10.0. The molecule has 0 saturated carbocycles. The maximum Gasteiger partial charge on any atom is -0.0348 e. The van der Waals surface area contributed by atoms with E-state index < -0.39 is 0 Å². The van der Waals surface area contributed by atoms with Crippen LogP contribution in [0.15, 0.2) is 6.08 Å². The molecule has 2 radical (unpaired) electrons. The molecule has 0 bridgehead atoms. The van der Waals surface area contributed by atoms with Crippen LogP contribution in [0.2, 0.25) is 0 Å². The molecule has 0 aliphatic heterocycles. The zero-order valence-corrected chi connectivity index (χ0v) is 14.6. The molecular weight excluding hydrogens is 252 g/mol. The van der Waals surface area contributed by atoms with E-state index in [1.807, 2.05) is 0 Å². The zero-order chi connectivity index (χ0) is 15.4. The van der Waals surface area contributed by atoms with Crippen molar-refractivity contribution in [1.29, 1.82) is 0 Å². The predicted octanol–water partition coefficient (Wildman–Crippen LogP) is 7.83. The molecule has 124 valence electrons. The molecule has 0 nitrogen and oxygen atoms in total. The van der Waals surface area contributed by atoms with E-state index in [1.54, 1.807) is 6.08 Å². The Bertz CT molecular complexity index is 182. The van der Waals surface area contributed by atoms with Gasteiger partial charge in [-0.1, -0.05) is 122 Å². The molecule has 0 fully saturated rings. The van der Waals surface area contributed by atoms with Crippen LogP contribution in [0.25, 0.3) is 0 Å². The average molecular weight is 293 g/mol. The number of rotatable bonds is 18. The SMILES string of the molecule is [CH]=CCCCCCCCCCCCCCCCCCC[CH2]. The van der Waals surface area contributed by atoms with Crippen molar-refractivity contribution in [3.63, 3.8) is 0 Å². The Balaban J connectivity index is 2.91. The van der Waals surface area contributed by atoms with E-state index in [-0.39, 0.29) is 0 Å². The smallest absolute Gasteiger partial charge is 0.0348 e. The summed E-state index contributed by atoms with van der Waals surface area (Å²) in [5, 5.41) is 0. The van der Waals surface area contributed by atoms with Crippen LogP contribution in [0, 0.1) is 13.5 Å². The molecule has 0 heterocycles. The molecule has 0 aliphatic rings. The molecule has 0 saturated heterocycles. The summed E-state index contributed by atoms with van der Waals surface area (Å²) in [6.45, 7) is 9.26. The van der Waals surface area contributed by atoms with E-state index in [0.717, 1.165) is 12.8 Å². The van der Waals surface area contributed by atoms with Crippen molar-refractivity contribution in [1.82, 2.24) is 0 Å². The molecule has 0 aromatic rings. The molecule has 0 aliphatic carbocycles. The number of unbranched alkanes of at least 4 members (excludes halogenated alkanes) is 17. The summed E-state index contributed by atoms with van der Waals surface area (Å²) in [6, 6.07) is 0. The Kier molecular flexibility index (Phi) is 19.5. The molecule has 0 heteroatoms. The first-order valence-corrected chi connectivity index (χ1v) is 9.74. The highest BCUT2D eigenvalue weighted by atomic mass is 14.0. The average Bonchev–Trinajstić information content (AvgIpc) is 2.50. The van der Waals surface area contributed by atoms with Crippen molar-refractivity contribution in [2.24, 2.45) is 0 Å². The van der Waals surface area contributed by atoms with Crippen LogP contribution in [-0.2, 0) is 0 Å². The zero-order valence-electron chi connectivity index (χ0n) is 14.6. The third-order valence-corrected chi connectivity index (χ3v) is 4.37. The van der Waals surface area contributed by atoms with Crippen LogP contribution in [-0.4, -0.2) is 0 Å². The minimum Gasteiger partial charge on any atom is -0.0845 e. The fraction of sp³-hybridized carbons (Fsp3) is 0.857. The standard InChI is InChI=1S/C21H40/c1-3-5-7-9-11-13-15-17-19-21-20-18-16-14-12-10-8-6-4-2/h1,3H,2,4-21H2. The lowest BCUT2D eigenvalue weighted by Crippen LogP contribution is -1.83. The largest absolute Gasteiger partial charge is 0.0845 e. The van der Waals surface area contributed by atoms with Gasteiger partial charge in [-0.05, 0) is 12.8 Å². The highest BCUT2D eigenvalue weighted by Crippen LogP contribution is 2.14. The van der Waals surface area contributed by atoms with Crippen molar-refractivity contribution < 1.29 is 0 Å². The van der Waals surface area contributed by atoms with Gasteiger partial charge in [0.1, 0.15) is 0 Å². The topological polar surface area (TPSA) is 0 Å². The summed E-state index contributed by atoms with van der Waals surface area (Å²) < 4.78 is 0. The van der Waals surface area contributed by atoms with Crippen molar-refractivity contribution in [3.05, 3.63) is 19.6 Å². The van der Waals surface area contributed by atoms with Gasteiger partial charge in [0.15, 0.2) is 0 Å². The molecule has 0 rings (SSSR count). The Morgan fingerprint density at radius 3 is 1.05 bits per heavy atom. The number of allylic oxidation sites excluding steroid dienone is 1. The normalized spacial score (nSPS) is 10.9. The third-order valence-electron chi connectivity index (χ3n) is 4.37. The van der Waals surface area contributed by atoms with Gasteiger partial charge in [-0.3, -0.25) is 0 Å². The Labute approximate surface area is 135 Å². The van der Waals surface area contributed by atoms with Gasteiger partial charge >= 0.3 is 0 Å². The van der Waals surface area contributed by atoms with Gasteiger partial charge in [0.2, 0.25) is 0 Å². The monoisotopic (exact) mass is 292 g/mol. The Hall–Kier alpha value is -0.260. The van der Waals surface area contributed by atoms with E-state index in [9.17, 15) is 0 Å². The van der Waals surface area contributed by atoms with E-state index in [4.69, 9.17) is 6.58 Å².